The van der Waals surface area contributed by atoms with Gasteiger partial charge >= 0.3 is 0 Å². The van der Waals surface area contributed by atoms with Gasteiger partial charge < -0.3 is 15.7 Å². The van der Waals surface area contributed by atoms with E-state index in [4.69, 9.17) is 12.2 Å². The molecule has 1 heterocycles. The van der Waals surface area contributed by atoms with Crippen LogP contribution in [0.15, 0.2) is 16.8 Å². The van der Waals surface area contributed by atoms with E-state index in [1.807, 2.05) is 26.2 Å². The fourth-order valence-corrected chi connectivity index (χ4v) is 2.57. The number of rotatable bonds is 4. The minimum atomic E-state index is -0.0630. The number of hydrogen-bond acceptors (Lipinski definition) is 3. The van der Waals surface area contributed by atoms with Gasteiger partial charge in [0.15, 0.2) is 5.11 Å². The Morgan fingerprint density at radius 2 is 2.24 bits per heavy atom. The Morgan fingerprint density at radius 3 is 2.71 bits per heavy atom. The average Bonchev–Trinajstić information content (AvgIpc) is 2.66. The molecule has 1 aromatic rings. The van der Waals surface area contributed by atoms with Crippen LogP contribution in [0, 0.1) is 0 Å². The molecule has 1 rings (SSSR count). The Morgan fingerprint density at radius 1 is 1.53 bits per heavy atom. The van der Waals surface area contributed by atoms with Crippen molar-refractivity contribution < 1.29 is 5.11 Å². The zero-order valence-corrected chi connectivity index (χ0v) is 12.1. The van der Waals surface area contributed by atoms with Crippen LogP contribution in [0.4, 0.5) is 0 Å². The Labute approximate surface area is 112 Å². The minimum Gasteiger partial charge on any atom is -0.394 e. The molecule has 1 atom stereocenters. The van der Waals surface area contributed by atoms with Crippen LogP contribution in [-0.4, -0.2) is 28.4 Å². The zero-order valence-electron chi connectivity index (χ0n) is 10.5. The molecular formula is C12H20N2OS2. The molecule has 0 aliphatic heterocycles. The number of thiophene rings is 1. The summed E-state index contributed by atoms with van der Waals surface area (Å²) in [5.41, 5.74) is 1.16. The predicted octanol–water partition coefficient (Wildman–Crippen LogP) is 1.91. The molecule has 0 spiro atoms. The highest BCUT2D eigenvalue weighted by molar-refractivity contribution is 7.80. The van der Waals surface area contributed by atoms with E-state index in [2.05, 4.69) is 22.1 Å². The summed E-state index contributed by atoms with van der Waals surface area (Å²) in [6.07, 6.45) is 0.784. The number of aliphatic hydroxyl groups excluding tert-OH is 1. The number of hydrogen-bond donors (Lipinski definition) is 3. The highest BCUT2D eigenvalue weighted by atomic mass is 32.1. The molecule has 0 saturated heterocycles. The van der Waals surface area contributed by atoms with Crippen molar-refractivity contribution in [2.75, 3.05) is 6.61 Å². The molecule has 1 aromatic heterocycles. The fourth-order valence-electron chi connectivity index (χ4n) is 1.42. The van der Waals surface area contributed by atoms with Gasteiger partial charge in [-0.1, -0.05) is 0 Å². The third kappa shape index (κ3) is 6.00. The van der Waals surface area contributed by atoms with Gasteiger partial charge in [0.25, 0.3) is 0 Å². The molecule has 0 bridgehead atoms. The molecule has 0 aromatic carbocycles. The Balaban J connectivity index is 2.44. The summed E-state index contributed by atoms with van der Waals surface area (Å²) in [4.78, 5) is 0. The van der Waals surface area contributed by atoms with Crippen LogP contribution < -0.4 is 10.6 Å². The molecule has 3 nitrogen and oxygen atoms in total. The first kappa shape index (κ1) is 14.4. The van der Waals surface area contributed by atoms with Crippen LogP contribution in [0.1, 0.15) is 26.3 Å². The Bertz CT molecular complexity index is 344. The van der Waals surface area contributed by atoms with Gasteiger partial charge in [0.2, 0.25) is 0 Å². The topological polar surface area (TPSA) is 44.3 Å². The third-order valence-electron chi connectivity index (χ3n) is 2.11. The summed E-state index contributed by atoms with van der Waals surface area (Å²) >= 11 is 6.87. The van der Waals surface area contributed by atoms with E-state index < -0.39 is 0 Å². The summed E-state index contributed by atoms with van der Waals surface area (Å²) in [6, 6.07) is 2.03. The van der Waals surface area contributed by atoms with E-state index >= 15 is 0 Å². The molecule has 3 N–H and O–H groups in total. The summed E-state index contributed by atoms with van der Waals surface area (Å²) in [7, 11) is 0. The van der Waals surface area contributed by atoms with Crippen LogP contribution >= 0.6 is 23.6 Å². The van der Waals surface area contributed by atoms with Crippen molar-refractivity contribution in [1.29, 1.82) is 0 Å². The maximum Gasteiger partial charge on any atom is 0.167 e. The molecule has 0 aliphatic rings. The van der Waals surface area contributed by atoms with E-state index in [0.717, 1.165) is 6.42 Å². The van der Waals surface area contributed by atoms with Gasteiger partial charge in [0, 0.05) is 5.54 Å². The van der Waals surface area contributed by atoms with Crippen molar-refractivity contribution in [3.8, 4) is 0 Å². The van der Waals surface area contributed by atoms with Gasteiger partial charge in [0.1, 0.15) is 0 Å². The van der Waals surface area contributed by atoms with Crippen LogP contribution in [0.5, 0.6) is 0 Å². The molecule has 0 saturated carbocycles. The highest BCUT2D eigenvalue weighted by Gasteiger charge is 2.14. The molecule has 0 fully saturated rings. The maximum absolute atomic E-state index is 9.33. The van der Waals surface area contributed by atoms with E-state index in [1.165, 1.54) is 5.56 Å². The Hall–Kier alpha value is -0.650. The smallest absolute Gasteiger partial charge is 0.167 e. The lowest BCUT2D eigenvalue weighted by Crippen LogP contribution is -2.50. The van der Waals surface area contributed by atoms with Crippen molar-refractivity contribution in [3.05, 3.63) is 22.4 Å². The molecule has 96 valence electrons. The van der Waals surface area contributed by atoms with E-state index in [-0.39, 0.29) is 18.2 Å². The first-order valence-corrected chi connectivity index (χ1v) is 6.96. The minimum absolute atomic E-state index is 0.0352. The number of aliphatic hydroxyl groups is 1. The first-order valence-electron chi connectivity index (χ1n) is 5.61. The first-order chi connectivity index (χ1) is 7.90. The zero-order chi connectivity index (χ0) is 12.9. The van der Waals surface area contributed by atoms with Gasteiger partial charge in [-0.25, -0.2) is 0 Å². The predicted molar refractivity (Wildman–Crippen MR) is 77.5 cm³/mol. The van der Waals surface area contributed by atoms with Gasteiger partial charge in [-0.2, -0.15) is 11.3 Å². The third-order valence-corrected chi connectivity index (χ3v) is 3.06. The van der Waals surface area contributed by atoms with Crippen LogP contribution in [0.3, 0.4) is 0 Å². The van der Waals surface area contributed by atoms with E-state index in [1.54, 1.807) is 11.3 Å². The monoisotopic (exact) mass is 272 g/mol. The van der Waals surface area contributed by atoms with Crippen molar-refractivity contribution in [2.24, 2.45) is 0 Å². The summed E-state index contributed by atoms with van der Waals surface area (Å²) in [6.45, 7) is 6.22. The second kappa shape index (κ2) is 6.33. The SMILES string of the molecule is CC(C)(C)NC(=S)NC(CO)Cc1ccsc1. The highest BCUT2D eigenvalue weighted by Crippen LogP contribution is 2.08. The summed E-state index contributed by atoms with van der Waals surface area (Å²) < 4.78 is 0. The summed E-state index contributed by atoms with van der Waals surface area (Å²) in [5.74, 6) is 0. The fraction of sp³-hybridized carbons (Fsp3) is 0.583. The van der Waals surface area contributed by atoms with Gasteiger partial charge in [-0.15, -0.1) is 0 Å². The lowest BCUT2D eigenvalue weighted by atomic mass is 10.1. The second-order valence-corrected chi connectivity index (χ2v) is 6.25. The molecule has 1 unspecified atom stereocenters. The average molecular weight is 272 g/mol. The van der Waals surface area contributed by atoms with Gasteiger partial charge in [-0.3, -0.25) is 0 Å². The molecule has 17 heavy (non-hydrogen) atoms. The largest absolute Gasteiger partial charge is 0.394 e. The van der Waals surface area contributed by atoms with Gasteiger partial charge in [-0.05, 0) is 61.8 Å². The molecule has 0 amide bonds. The van der Waals surface area contributed by atoms with E-state index in [0.29, 0.717) is 5.11 Å². The van der Waals surface area contributed by atoms with Gasteiger partial charge in [0.05, 0.1) is 12.6 Å². The molecule has 0 radical (unpaired) electrons. The van der Waals surface area contributed by atoms with Crippen molar-refractivity contribution in [3.63, 3.8) is 0 Å². The number of nitrogens with one attached hydrogen (secondary N) is 2. The summed E-state index contributed by atoms with van der Waals surface area (Å²) in [5, 5.41) is 20.4. The van der Waals surface area contributed by atoms with Crippen molar-refractivity contribution in [1.82, 2.24) is 10.6 Å². The van der Waals surface area contributed by atoms with Crippen LogP contribution in [-0.2, 0) is 6.42 Å². The maximum atomic E-state index is 9.33. The van der Waals surface area contributed by atoms with E-state index in [9.17, 15) is 5.11 Å². The van der Waals surface area contributed by atoms with Crippen molar-refractivity contribution in [2.45, 2.75) is 38.8 Å². The number of thiocarbonyl (C=S) groups is 1. The standard InChI is InChI=1S/C12H20N2OS2/c1-12(2,3)14-11(16)13-10(7-15)6-9-4-5-17-8-9/h4-5,8,10,15H,6-7H2,1-3H3,(H2,13,14,16). The lowest BCUT2D eigenvalue weighted by molar-refractivity contribution is 0.254. The Kier molecular flexibility index (Phi) is 5.36. The van der Waals surface area contributed by atoms with Crippen LogP contribution in [0.2, 0.25) is 0 Å². The van der Waals surface area contributed by atoms with Crippen LogP contribution in [0.25, 0.3) is 0 Å². The second-order valence-electron chi connectivity index (χ2n) is 5.06. The lowest BCUT2D eigenvalue weighted by Gasteiger charge is -2.25. The molecule has 5 heteroatoms. The molecule has 0 aliphatic carbocycles. The normalized spacial score (nSPS) is 13.2. The molecular weight excluding hydrogens is 252 g/mol. The quantitative estimate of drug-likeness (QED) is 0.733. The van der Waals surface area contributed by atoms with Crippen molar-refractivity contribution >= 4 is 28.7 Å².